The highest BCUT2D eigenvalue weighted by Crippen LogP contribution is 2.36. The third-order valence-electron chi connectivity index (χ3n) is 2.72. The summed E-state index contributed by atoms with van der Waals surface area (Å²) < 4.78 is 18.3. The molecule has 22 heavy (non-hydrogen) atoms. The van der Waals surface area contributed by atoms with Crippen LogP contribution < -0.4 is 0 Å². The van der Waals surface area contributed by atoms with Gasteiger partial charge in [0.2, 0.25) is 0 Å². The smallest absolute Gasteiger partial charge is 0.339 e. The van der Waals surface area contributed by atoms with Crippen LogP contribution >= 0.6 is 11.8 Å². The Morgan fingerprint density at radius 2 is 2.00 bits per heavy atom. The molecule has 0 spiro atoms. The van der Waals surface area contributed by atoms with E-state index in [0.717, 1.165) is 17.8 Å². The van der Waals surface area contributed by atoms with Crippen LogP contribution in [0, 0.1) is 15.9 Å². The van der Waals surface area contributed by atoms with Crippen LogP contribution in [0.1, 0.15) is 17.3 Å². The largest absolute Gasteiger partial charge is 0.462 e. The number of ether oxygens (including phenoxy) is 1. The zero-order chi connectivity index (χ0) is 16.1. The van der Waals surface area contributed by atoms with Crippen molar-refractivity contribution in [3.63, 3.8) is 0 Å². The summed E-state index contributed by atoms with van der Waals surface area (Å²) in [6.07, 6.45) is 0. The molecule has 0 N–H and O–H groups in total. The Hall–Kier alpha value is -2.41. The Labute approximate surface area is 130 Å². The molecule has 0 unspecified atom stereocenters. The normalized spacial score (nSPS) is 10.3. The maximum atomic E-state index is 13.4. The van der Waals surface area contributed by atoms with Crippen molar-refractivity contribution in [3.05, 3.63) is 64.0 Å². The first kappa shape index (κ1) is 16.0. The summed E-state index contributed by atoms with van der Waals surface area (Å²) in [6, 6.07) is 9.82. The molecule has 7 heteroatoms. The number of nitrogens with zero attached hydrogens (tertiary/aromatic N) is 1. The van der Waals surface area contributed by atoms with Crippen LogP contribution in [-0.4, -0.2) is 17.5 Å². The van der Waals surface area contributed by atoms with E-state index in [4.69, 9.17) is 4.74 Å². The van der Waals surface area contributed by atoms with Gasteiger partial charge in [0.15, 0.2) is 0 Å². The molecule has 0 heterocycles. The lowest BCUT2D eigenvalue weighted by Crippen LogP contribution is -2.06. The van der Waals surface area contributed by atoms with E-state index in [9.17, 15) is 19.3 Å². The number of nitro benzene ring substituents is 1. The van der Waals surface area contributed by atoms with Crippen LogP contribution in [0.5, 0.6) is 0 Å². The number of benzene rings is 2. The minimum Gasteiger partial charge on any atom is -0.462 e. The van der Waals surface area contributed by atoms with Crippen LogP contribution in [0.3, 0.4) is 0 Å². The van der Waals surface area contributed by atoms with Gasteiger partial charge < -0.3 is 4.74 Å². The van der Waals surface area contributed by atoms with Crippen LogP contribution in [0.4, 0.5) is 10.1 Å². The van der Waals surface area contributed by atoms with Crippen molar-refractivity contribution < 1.29 is 18.8 Å². The monoisotopic (exact) mass is 321 g/mol. The number of rotatable bonds is 5. The molecular formula is C15H12FNO4S. The molecule has 5 nitrogen and oxygen atoms in total. The molecule has 0 saturated carbocycles. The number of carbonyl (C=O) groups excluding carboxylic acids is 1. The van der Waals surface area contributed by atoms with Gasteiger partial charge in [-0.05, 0) is 31.2 Å². The molecule has 0 atom stereocenters. The Bertz CT molecular complexity index is 720. The van der Waals surface area contributed by atoms with Crippen LogP contribution in [0.2, 0.25) is 0 Å². The zero-order valence-electron chi connectivity index (χ0n) is 11.6. The topological polar surface area (TPSA) is 69.4 Å². The average molecular weight is 321 g/mol. The average Bonchev–Trinajstić information content (AvgIpc) is 2.49. The number of nitro groups is 1. The summed E-state index contributed by atoms with van der Waals surface area (Å²) in [5, 5.41) is 11.0. The van der Waals surface area contributed by atoms with E-state index >= 15 is 0 Å². The van der Waals surface area contributed by atoms with E-state index in [1.165, 1.54) is 18.2 Å². The predicted octanol–water partition coefficient (Wildman–Crippen LogP) is 4.06. The summed E-state index contributed by atoms with van der Waals surface area (Å²) in [4.78, 5) is 23.2. The quantitative estimate of drug-likeness (QED) is 0.472. The maximum absolute atomic E-state index is 13.4. The first-order valence-corrected chi connectivity index (χ1v) is 7.22. The Morgan fingerprint density at radius 3 is 2.68 bits per heavy atom. The summed E-state index contributed by atoms with van der Waals surface area (Å²) >= 11 is 1.02. The molecule has 0 aliphatic heterocycles. The van der Waals surface area contributed by atoms with E-state index in [2.05, 4.69) is 0 Å². The van der Waals surface area contributed by atoms with Gasteiger partial charge in [0, 0.05) is 11.0 Å². The van der Waals surface area contributed by atoms with Crippen molar-refractivity contribution in [1.82, 2.24) is 0 Å². The van der Waals surface area contributed by atoms with Crippen molar-refractivity contribution in [2.45, 2.75) is 16.7 Å². The van der Waals surface area contributed by atoms with Crippen molar-refractivity contribution in [2.75, 3.05) is 6.61 Å². The first-order chi connectivity index (χ1) is 10.5. The molecule has 2 aromatic carbocycles. The van der Waals surface area contributed by atoms with E-state index < -0.39 is 16.7 Å². The second-order valence-electron chi connectivity index (χ2n) is 4.19. The van der Waals surface area contributed by atoms with Crippen molar-refractivity contribution in [2.24, 2.45) is 0 Å². The minimum atomic E-state index is -0.664. The van der Waals surface area contributed by atoms with Gasteiger partial charge in [0.25, 0.3) is 5.69 Å². The van der Waals surface area contributed by atoms with Gasteiger partial charge in [0.05, 0.1) is 22.0 Å². The van der Waals surface area contributed by atoms with Crippen LogP contribution in [-0.2, 0) is 4.74 Å². The zero-order valence-corrected chi connectivity index (χ0v) is 12.4. The molecule has 0 amide bonds. The molecule has 2 aromatic rings. The van der Waals surface area contributed by atoms with Gasteiger partial charge in [-0.1, -0.05) is 23.9 Å². The second kappa shape index (κ2) is 7.04. The standard InChI is InChI=1S/C15H12FNO4S/c1-2-21-15(18)11-9-10(16)7-8-13(11)22-14-6-4-3-5-12(14)17(19)20/h3-9H,2H2,1H3. The molecule has 0 bridgehead atoms. The predicted molar refractivity (Wildman–Crippen MR) is 79.6 cm³/mol. The third kappa shape index (κ3) is 3.62. The SMILES string of the molecule is CCOC(=O)c1cc(F)ccc1Sc1ccccc1[N+](=O)[O-]. The fourth-order valence-electron chi connectivity index (χ4n) is 1.77. The van der Waals surface area contributed by atoms with Gasteiger partial charge in [-0.2, -0.15) is 0 Å². The number of hydrogen-bond acceptors (Lipinski definition) is 5. The number of hydrogen-bond donors (Lipinski definition) is 0. The fraction of sp³-hybridized carbons (Fsp3) is 0.133. The van der Waals surface area contributed by atoms with Crippen LogP contribution in [0.15, 0.2) is 52.3 Å². The summed E-state index contributed by atoms with van der Waals surface area (Å²) in [6.45, 7) is 1.80. The van der Waals surface area contributed by atoms with E-state index in [1.807, 2.05) is 0 Å². The molecule has 0 radical (unpaired) electrons. The highest BCUT2D eigenvalue weighted by Gasteiger charge is 2.19. The van der Waals surface area contributed by atoms with Crippen LogP contribution in [0.25, 0.3) is 0 Å². The first-order valence-electron chi connectivity index (χ1n) is 6.41. The molecule has 0 aromatic heterocycles. The Kier molecular flexibility index (Phi) is 5.11. The Morgan fingerprint density at radius 1 is 1.27 bits per heavy atom. The second-order valence-corrected chi connectivity index (χ2v) is 5.27. The summed E-state index contributed by atoms with van der Waals surface area (Å²) in [5.74, 6) is -1.24. The van der Waals surface area contributed by atoms with Crippen molar-refractivity contribution >= 4 is 23.4 Å². The molecule has 114 valence electrons. The molecule has 2 rings (SSSR count). The van der Waals surface area contributed by atoms with Crippen molar-refractivity contribution in [1.29, 1.82) is 0 Å². The lowest BCUT2D eigenvalue weighted by atomic mass is 10.2. The summed E-state index contributed by atoms with van der Waals surface area (Å²) in [5.41, 5.74) is -0.0309. The van der Waals surface area contributed by atoms with Gasteiger partial charge in [0.1, 0.15) is 5.82 Å². The lowest BCUT2D eigenvalue weighted by Gasteiger charge is -2.09. The summed E-state index contributed by atoms with van der Waals surface area (Å²) in [7, 11) is 0. The Balaban J connectivity index is 2.42. The third-order valence-corrected chi connectivity index (χ3v) is 3.86. The maximum Gasteiger partial charge on any atom is 0.339 e. The lowest BCUT2D eigenvalue weighted by molar-refractivity contribution is -0.387. The number of para-hydroxylation sites is 1. The number of carbonyl (C=O) groups is 1. The molecule has 0 fully saturated rings. The minimum absolute atomic E-state index is 0.0463. The highest BCUT2D eigenvalue weighted by atomic mass is 32.2. The van der Waals surface area contributed by atoms with Gasteiger partial charge in [-0.15, -0.1) is 0 Å². The molecule has 0 aliphatic rings. The van der Waals surface area contributed by atoms with Gasteiger partial charge in [-0.25, -0.2) is 9.18 Å². The van der Waals surface area contributed by atoms with Gasteiger partial charge in [-0.3, -0.25) is 10.1 Å². The molecule has 0 saturated heterocycles. The van der Waals surface area contributed by atoms with E-state index in [-0.39, 0.29) is 17.9 Å². The fourth-order valence-corrected chi connectivity index (χ4v) is 2.79. The van der Waals surface area contributed by atoms with E-state index in [0.29, 0.717) is 9.79 Å². The molecular weight excluding hydrogens is 309 g/mol. The van der Waals surface area contributed by atoms with Gasteiger partial charge >= 0.3 is 5.97 Å². The number of esters is 1. The highest BCUT2D eigenvalue weighted by molar-refractivity contribution is 7.99. The van der Waals surface area contributed by atoms with Crippen molar-refractivity contribution in [3.8, 4) is 0 Å². The number of halogens is 1. The van der Waals surface area contributed by atoms with E-state index in [1.54, 1.807) is 25.1 Å². The molecule has 0 aliphatic carbocycles.